The van der Waals surface area contributed by atoms with Crippen molar-refractivity contribution in [3.63, 3.8) is 0 Å². The van der Waals surface area contributed by atoms with Crippen LogP contribution in [0.2, 0.25) is 0 Å². The van der Waals surface area contributed by atoms with Gasteiger partial charge >= 0.3 is 0 Å². The summed E-state index contributed by atoms with van der Waals surface area (Å²) in [6.45, 7) is 7.75. The van der Waals surface area contributed by atoms with Crippen molar-refractivity contribution in [2.75, 3.05) is 0 Å². The van der Waals surface area contributed by atoms with Gasteiger partial charge in [-0.05, 0) is 49.8 Å². The molecule has 0 fully saturated rings. The van der Waals surface area contributed by atoms with E-state index in [1.807, 2.05) is 31.2 Å². The van der Waals surface area contributed by atoms with Crippen LogP contribution in [0.5, 0.6) is 11.5 Å². The molecule has 0 aromatic heterocycles. The molecule has 2 aromatic carbocycles. The SMILES string of the molecule is C=C/C(=N\C(=C/C)NC(C)c1ccccc1)c1ccc(O)c(O)c1. The van der Waals surface area contributed by atoms with Crippen molar-refractivity contribution in [2.24, 2.45) is 4.99 Å². The second-order valence-electron chi connectivity index (χ2n) is 5.36. The molecule has 0 aliphatic rings. The molecule has 1 unspecified atom stereocenters. The predicted molar refractivity (Wildman–Crippen MR) is 98.3 cm³/mol. The van der Waals surface area contributed by atoms with Crippen molar-refractivity contribution in [2.45, 2.75) is 19.9 Å². The summed E-state index contributed by atoms with van der Waals surface area (Å²) in [4.78, 5) is 4.58. The van der Waals surface area contributed by atoms with Crippen LogP contribution >= 0.6 is 0 Å². The number of nitrogens with zero attached hydrogens (tertiary/aromatic N) is 1. The summed E-state index contributed by atoms with van der Waals surface area (Å²) >= 11 is 0. The number of rotatable bonds is 6. The predicted octanol–water partition coefficient (Wildman–Crippen LogP) is 4.29. The van der Waals surface area contributed by atoms with Crippen molar-refractivity contribution in [3.8, 4) is 11.5 Å². The molecule has 4 nitrogen and oxygen atoms in total. The Kier molecular flexibility index (Phi) is 5.79. The first-order chi connectivity index (χ1) is 11.5. The van der Waals surface area contributed by atoms with Crippen molar-refractivity contribution in [3.05, 3.63) is 84.2 Å². The Labute approximate surface area is 142 Å². The Hall–Kier alpha value is -3.01. The molecule has 0 radical (unpaired) electrons. The third-order valence-corrected chi connectivity index (χ3v) is 3.64. The summed E-state index contributed by atoms with van der Waals surface area (Å²) < 4.78 is 0. The lowest BCUT2D eigenvalue weighted by atomic mass is 10.1. The molecule has 0 aliphatic heterocycles. The largest absolute Gasteiger partial charge is 0.504 e. The molecule has 0 saturated heterocycles. The van der Waals surface area contributed by atoms with E-state index in [0.717, 1.165) is 5.56 Å². The lowest BCUT2D eigenvalue weighted by Crippen LogP contribution is -2.18. The highest BCUT2D eigenvalue weighted by Crippen LogP contribution is 2.25. The van der Waals surface area contributed by atoms with Gasteiger partial charge in [-0.1, -0.05) is 36.9 Å². The first-order valence-corrected chi connectivity index (χ1v) is 7.76. The Morgan fingerprint density at radius 1 is 1.12 bits per heavy atom. The highest BCUT2D eigenvalue weighted by atomic mass is 16.3. The van der Waals surface area contributed by atoms with Gasteiger partial charge in [0.1, 0.15) is 5.82 Å². The van der Waals surface area contributed by atoms with Gasteiger partial charge in [0.05, 0.1) is 5.71 Å². The summed E-state index contributed by atoms with van der Waals surface area (Å²) in [5.41, 5.74) is 2.44. The minimum absolute atomic E-state index is 0.0976. The number of hydrogen-bond acceptors (Lipinski definition) is 4. The van der Waals surface area contributed by atoms with E-state index in [9.17, 15) is 10.2 Å². The molecule has 2 aromatic rings. The molecule has 3 N–H and O–H groups in total. The minimum Gasteiger partial charge on any atom is -0.504 e. The zero-order valence-electron chi connectivity index (χ0n) is 13.9. The fourth-order valence-corrected chi connectivity index (χ4v) is 2.27. The summed E-state index contributed by atoms with van der Waals surface area (Å²) in [6, 6.07) is 14.8. The Bertz CT molecular complexity index is 764. The van der Waals surface area contributed by atoms with Crippen molar-refractivity contribution < 1.29 is 10.2 Å². The average Bonchev–Trinajstić information content (AvgIpc) is 2.61. The Balaban J connectivity index is 2.24. The molecule has 0 bridgehead atoms. The molecule has 0 amide bonds. The van der Waals surface area contributed by atoms with E-state index in [4.69, 9.17) is 0 Å². The van der Waals surface area contributed by atoms with E-state index in [-0.39, 0.29) is 17.5 Å². The van der Waals surface area contributed by atoms with Gasteiger partial charge in [-0.3, -0.25) is 0 Å². The van der Waals surface area contributed by atoms with Crippen molar-refractivity contribution in [1.82, 2.24) is 5.32 Å². The first-order valence-electron chi connectivity index (χ1n) is 7.76. The molecule has 0 aliphatic carbocycles. The highest BCUT2D eigenvalue weighted by Gasteiger charge is 2.08. The van der Waals surface area contributed by atoms with E-state index in [1.165, 1.54) is 12.1 Å². The fraction of sp³-hybridized carbons (Fsp3) is 0.150. The van der Waals surface area contributed by atoms with Gasteiger partial charge in [0.2, 0.25) is 0 Å². The summed E-state index contributed by atoms with van der Waals surface area (Å²) in [5.74, 6) is 0.354. The lowest BCUT2D eigenvalue weighted by molar-refractivity contribution is 0.403. The molecule has 4 heteroatoms. The van der Waals surface area contributed by atoms with Crippen LogP contribution in [0.1, 0.15) is 31.0 Å². The lowest BCUT2D eigenvalue weighted by Gasteiger charge is -2.16. The maximum absolute atomic E-state index is 9.66. The number of phenols is 2. The van der Waals surface area contributed by atoms with Crippen molar-refractivity contribution >= 4 is 5.71 Å². The molecule has 0 spiro atoms. The number of aliphatic imine (C=N–C) groups is 1. The average molecular weight is 322 g/mol. The second kappa shape index (κ2) is 8.02. The van der Waals surface area contributed by atoms with Crippen LogP contribution in [-0.2, 0) is 0 Å². The van der Waals surface area contributed by atoms with E-state index in [0.29, 0.717) is 17.1 Å². The molecule has 1 atom stereocenters. The van der Waals surface area contributed by atoms with Crippen LogP contribution in [-0.4, -0.2) is 15.9 Å². The van der Waals surface area contributed by atoms with Gasteiger partial charge in [-0.15, -0.1) is 0 Å². The number of aromatic hydroxyl groups is 2. The molecular weight excluding hydrogens is 300 g/mol. The highest BCUT2D eigenvalue weighted by molar-refractivity contribution is 6.09. The second-order valence-corrected chi connectivity index (χ2v) is 5.36. The number of benzene rings is 2. The molecule has 124 valence electrons. The van der Waals surface area contributed by atoms with Gasteiger partial charge in [-0.2, -0.15) is 0 Å². The van der Waals surface area contributed by atoms with E-state index < -0.39 is 0 Å². The smallest absolute Gasteiger partial charge is 0.158 e. The first kappa shape index (κ1) is 17.3. The third-order valence-electron chi connectivity index (χ3n) is 3.64. The zero-order valence-corrected chi connectivity index (χ0v) is 13.9. The van der Waals surface area contributed by atoms with E-state index in [1.54, 1.807) is 12.1 Å². The minimum atomic E-state index is -0.185. The molecule has 0 saturated carbocycles. The van der Waals surface area contributed by atoms with Gasteiger partial charge in [0.25, 0.3) is 0 Å². The van der Waals surface area contributed by atoms with Crippen molar-refractivity contribution in [1.29, 1.82) is 0 Å². The number of allylic oxidation sites excluding steroid dienone is 2. The summed E-state index contributed by atoms with van der Waals surface area (Å²) in [7, 11) is 0. The maximum atomic E-state index is 9.66. The van der Waals surface area contributed by atoms with Crippen LogP contribution < -0.4 is 5.32 Å². The van der Waals surface area contributed by atoms with Crippen LogP contribution in [0, 0.1) is 0 Å². The monoisotopic (exact) mass is 322 g/mol. The Morgan fingerprint density at radius 2 is 1.83 bits per heavy atom. The molecule has 24 heavy (non-hydrogen) atoms. The van der Waals surface area contributed by atoms with E-state index >= 15 is 0 Å². The fourth-order valence-electron chi connectivity index (χ4n) is 2.27. The molecule has 2 rings (SSSR count). The number of hydrogen-bond donors (Lipinski definition) is 3. The topological polar surface area (TPSA) is 64.9 Å². The van der Waals surface area contributed by atoms with Crippen LogP contribution in [0.4, 0.5) is 0 Å². The Morgan fingerprint density at radius 3 is 2.42 bits per heavy atom. The molecular formula is C20H22N2O2. The van der Waals surface area contributed by atoms with E-state index in [2.05, 4.69) is 35.9 Å². The zero-order chi connectivity index (χ0) is 17.5. The van der Waals surface area contributed by atoms with Gasteiger partial charge in [0.15, 0.2) is 11.5 Å². The van der Waals surface area contributed by atoms with Crippen LogP contribution in [0.15, 0.2) is 78.1 Å². The number of nitrogens with one attached hydrogen (secondary N) is 1. The standard InChI is InChI=1S/C20H22N2O2/c1-4-17(16-11-12-18(23)19(24)13-16)22-20(5-2)21-14(3)15-9-7-6-8-10-15/h4-14,21,23-24H,1H2,2-3H3/b20-5-,22-17+. The quantitative estimate of drug-likeness (QED) is 0.549. The van der Waals surface area contributed by atoms with Crippen LogP contribution in [0.3, 0.4) is 0 Å². The third kappa shape index (κ3) is 4.26. The van der Waals surface area contributed by atoms with Gasteiger partial charge in [-0.25, -0.2) is 4.99 Å². The summed E-state index contributed by atoms with van der Waals surface area (Å²) in [6.07, 6.45) is 3.49. The van der Waals surface area contributed by atoms with Crippen LogP contribution in [0.25, 0.3) is 0 Å². The summed E-state index contributed by atoms with van der Waals surface area (Å²) in [5, 5.41) is 22.4. The number of phenolic OH excluding ortho intramolecular Hbond substituents is 2. The maximum Gasteiger partial charge on any atom is 0.158 e. The molecule has 0 heterocycles. The van der Waals surface area contributed by atoms with Gasteiger partial charge < -0.3 is 15.5 Å². The van der Waals surface area contributed by atoms with Gasteiger partial charge in [0, 0.05) is 11.6 Å². The normalized spacial score (nSPS) is 13.4.